The van der Waals surface area contributed by atoms with Gasteiger partial charge in [0.1, 0.15) is 17.3 Å². The molecule has 6 nitrogen and oxygen atoms in total. The molecule has 0 bridgehead atoms. The standard InChI is InChI=1S/C16H21N5OS/c1-8(2)14-20-13-11(5-6-17-16(13)22)15(21-14)18-7-12-9(3)19-10(4)23-12/h8H,5-7H2,1-4H3,(H,17,22)(H,18,20,21). The molecule has 0 aliphatic carbocycles. The van der Waals surface area contributed by atoms with Crippen molar-refractivity contribution in [2.75, 3.05) is 11.9 Å². The van der Waals surface area contributed by atoms with Crippen molar-refractivity contribution >= 4 is 23.1 Å². The molecule has 3 rings (SSSR count). The van der Waals surface area contributed by atoms with Crippen molar-refractivity contribution in [2.24, 2.45) is 0 Å². The van der Waals surface area contributed by atoms with Crippen LogP contribution in [-0.2, 0) is 13.0 Å². The van der Waals surface area contributed by atoms with Crippen LogP contribution in [0.1, 0.15) is 57.2 Å². The maximum Gasteiger partial charge on any atom is 0.270 e. The van der Waals surface area contributed by atoms with Gasteiger partial charge < -0.3 is 10.6 Å². The summed E-state index contributed by atoms with van der Waals surface area (Å²) in [5.41, 5.74) is 2.47. The smallest absolute Gasteiger partial charge is 0.270 e. The van der Waals surface area contributed by atoms with Gasteiger partial charge in [-0.3, -0.25) is 4.79 Å². The van der Waals surface area contributed by atoms with Gasteiger partial charge in [-0.2, -0.15) is 0 Å². The zero-order valence-electron chi connectivity index (χ0n) is 13.9. The van der Waals surface area contributed by atoms with Crippen molar-refractivity contribution in [3.8, 4) is 0 Å². The highest BCUT2D eigenvalue weighted by atomic mass is 32.1. The van der Waals surface area contributed by atoms with Crippen molar-refractivity contribution < 1.29 is 4.79 Å². The molecule has 1 amide bonds. The minimum atomic E-state index is -0.108. The first-order chi connectivity index (χ1) is 11.0. The Morgan fingerprint density at radius 2 is 2.04 bits per heavy atom. The van der Waals surface area contributed by atoms with Gasteiger partial charge in [0.05, 0.1) is 17.2 Å². The van der Waals surface area contributed by atoms with Gasteiger partial charge >= 0.3 is 0 Å². The maximum absolute atomic E-state index is 12.1. The van der Waals surface area contributed by atoms with Crippen LogP contribution in [0.4, 0.5) is 5.82 Å². The largest absolute Gasteiger partial charge is 0.365 e. The van der Waals surface area contributed by atoms with E-state index in [9.17, 15) is 4.79 Å². The fourth-order valence-electron chi connectivity index (χ4n) is 2.62. The molecule has 0 aromatic carbocycles. The lowest BCUT2D eigenvalue weighted by molar-refractivity contribution is 0.0940. The van der Waals surface area contributed by atoms with E-state index >= 15 is 0 Å². The van der Waals surface area contributed by atoms with E-state index in [2.05, 4.69) is 25.6 Å². The molecule has 23 heavy (non-hydrogen) atoms. The number of hydrogen-bond acceptors (Lipinski definition) is 6. The topological polar surface area (TPSA) is 79.8 Å². The number of anilines is 1. The van der Waals surface area contributed by atoms with Crippen LogP contribution < -0.4 is 10.6 Å². The number of aromatic nitrogens is 3. The van der Waals surface area contributed by atoms with Crippen LogP contribution in [0.15, 0.2) is 0 Å². The maximum atomic E-state index is 12.1. The lowest BCUT2D eigenvalue weighted by Gasteiger charge is -2.20. The first-order valence-electron chi connectivity index (χ1n) is 7.81. The number of aryl methyl sites for hydroxylation is 2. The number of carbonyl (C=O) groups is 1. The molecule has 2 aromatic rings. The third kappa shape index (κ3) is 3.19. The molecule has 0 saturated carbocycles. The summed E-state index contributed by atoms with van der Waals surface area (Å²) in [7, 11) is 0. The molecule has 0 radical (unpaired) electrons. The number of thiazole rings is 1. The van der Waals surface area contributed by atoms with E-state index in [1.807, 2.05) is 27.7 Å². The Bertz CT molecular complexity index is 753. The Labute approximate surface area is 139 Å². The van der Waals surface area contributed by atoms with Gasteiger partial charge in [0, 0.05) is 22.9 Å². The van der Waals surface area contributed by atoms with Crippen LogP contribution in [0.2, 0.25) is 0 Å². The molecule has 0 spiro atoms. The second-order valence-electron chi connectivity index (χ2n) is 6.01. The molecule has 3 heterocycles. The monoisotopic (exact) mass is 331 g/mol. The average molecular weight is 331 g/mol. The number of fused-ring (bicyclic) bond motifs is 1. The van der Waals surface area contributed by atoms with Crippen molar-refractivity contribution in [1.29, 1.82) is 0 Å². The highest BCUT2D eigenvalue weighted by Gasteiger charge is 2.24. The Hall–Kier alpha value is -2.02. The van der Waals surface area contributed by atoms with Crippen LogP contribution in [-0.4, -0.2) is 27.4 Å². The number of carbonyl (C=O) groups excluding carboxylic acids is 1. The second kappa shape index (κ2) is 6.23. The molecule has 0 unspecified atom stereocenters. The van der Waals surface area contributed by atoms with Gasteiger partial charge in [-0.15, -0.1) is 11.3 Å². The van der Waals surface area contributed by atoms with Crippen molar-refractivity contribution in [3.63, 3.8) is 0 Å². The Morgan fingerprint density at radius 3 is 2.70 bits per heavy atom. The number of nitrogens with one attached hydrogen (secondary N) is 2. The fourth-order valence-corrected chi connectivity index (χ4v) is 3.49. The second-order valence-corrected chi connectivity index (χ2v) is 7.30. The van der Waals surface area contributed by atoms with Gasteiger partial charge in [-0.05, 0) is 20.3 Å². The minimum absolute atomic E-state index is 0.108. The Kier molecular flexibility index (Phi) is 4.30. The molecular weight excluding hydrogens is 310 g/mol. The fraction of sp³-hybridized carbons (Fsp3) is 0.500. The zero-order chi connectivity index (χ0) is 16.6. The minimum Gasteiger partial charge on any atom is -0.365 e. The predicted molar refractivity (Wildman–Crippen MR) is 91.1 cm³/mol. The molecule has 122 valence electrons. The summed E-state index contributed by atoms with van der Waals surface area (Å²) in [4.78, 5) is 26.9. The summed E-state index contributed by atoms with van der Waals surface area (Å²) in [5.74, 6) is 1.53. The molecule has 0 atom stereocenters. The molecule has 7 heteroatoms. The lowest BCUT2D eigenvalue weighted by Crippen LogP contribution is -2.34. The van der Waals surface area contributed by atoms with Crippen LogP contribution in [0, 0.1) is 13.8 Å². The molecule has 1 aliphatic rings. The van der Waals surface area contributed by atoms with E-state index in [0.717, 1.165) is 28.5 Å². The molecule has 0 saturated heterocycles. The third-order valence-corrected chi connectivity index (χ3v) is 4.91. The summed E-state index contributed by atoms with van der Waals surface area (Å²) in [6.45, 7) is 9.38. The number of rotatable bonds is 4. The zero-order valence-corrected chi connectivity index (χ0v) is 14.7. The summed E-state index contributed by atoms with van der Waals surface area (Å²) < 4.78 is 0. The predicted octanol–water partition coefficient (Wildman–Crippen LogP) is 2.57. The van der Waals surface area contributed by atoms with E-state index in [1.165, 1.54) is 4.88 Å². The van der Waals surface area contributed by atoms with Crippen molar-refractivity contribution in [3.05, 3.63) is 32.7 Å². The molecule has 2 aromatic heterocycles. The van der Waals surface area contributed by atoms with Crippen LogP contribution in [0.5, 0.6) is 0 Å². The summed E-state index contributed by atoms with van der Waals surface area (Å²) >= 11 is 1.69. The first-order valence-corrected chi connectivity index (χ1v) is 8.63. The quantitative estimate of drug-likeness (QED) is 0.900. The van der Waals surface area contributed by atoms with E-state index in [0.29, 0.717) is 24.6 Å². The average Bonchev–Trinajstić information content (AvgIpc) is 2.83. The van der Waals surface area contributed by atoms with Gasteiger partial charge in [0.25, 0.3) is 5.91 Å². The van der Waals surface area contributed by atoms with Crippen LogP contribution >= 0.6 is 11.3 Å². The SMILES string of the molecule is Cc1nc(C)c(CNc2nc(C(C)C)nc3c2CCNC3=O)s1. The highest BCUT2D eigenvalue weighted by molar-refractivity contribution is 7.11. The van der Waals surface area contributed by atoms with Gasteiger partial charge in [0.15, 0.2) is 0 Å². The number of nitrogens with zero attached hydrogens (tertiary/aromatic N) is 3. The van der Waals surface area contributed by atoms with Crippen molar-refractivity contribution in [2.45, 2.75) is 46.6 Å². The van der Waals surface area contributed by atoms with E-state index in [4.69, 9.17) is 0 Å². The number of hydrogen-bond donors (Lipinski definition) is 2. The highest BCUT2D eigenvalue weighted by Crippen LogP contribution is 2.25. The summed E-state index contributed by atoms with van der Waals surface area (Å²) in [6, 6.07) is 0. The van der Waals surface area contributed by atoms with Crippen molar-refractivity contribution in [1.82, 2.24) is 20.3 Å². The summed E-state index contributed by atoms with van der Waals surface area (Å²) in [6.07, 6.45) is 0.752. The normalized spacial score (nSPS) is 13.9. The first kappa shape index (κ1) is 15.9. The third-order valence-electron chi connectivity index (χ3n) is 3.83. The van der Waals surface area contributed by atoms with Gasteiger partial charge in [-0.25, -0.2) is 15.0 Å². The van der Waals surface area contributed by atoms with Crippen LogP contribution in [0.25, 0.3) is 0 Å². The molecule has 2 N–H and O–H groups in total. The van der Waals surface area contributed by atoms with E-state index in [1.54, 1.807) is 11.3 Å². The number of amides is 1. The van der Waals surface area contributed by atoms with Crippen LogP contribution in [0.3, 0.4) is 0 Å². The lowest BCUT2D eigenvalue weighted by atomic mass is 10.1. The van der Waals surface area contributed by atoms with Gasteiger partial charge in [0.2, 0.25) is 0 Å². The Balaban J connectivity index is 1.94. The Morgan fingerprint density at radius 1 is 1.26 bits per heavy atom. The molecule has 0 fully saturated rings. The van der Waals surface area contributed by atoms with E-state index in [-0.39, 0.29) is 11.8 Å². The molecular formula is C16H21N5OS. The van der Waals surface area contributed by atoms with Gasteiger partial charge in [-0.1, -0.05) is 13.8 Å². The summed E-state index contributed by atoms with van der Waals surface area (Å²) in [5, 5.41) is 7.31. The molecule has 1 aliphatic heterocycles. The van der Waals surface area contributed by atoms with E-state index < -0.39 is 0 Å².